The first-order valence-corrected chi connectivity index (χ1v) is 46.1. The van der Waals surface area contributed by atoms with Crippen LogP contribution in [0.15, 0.2) is 450 Å². The molecule has 6 aromatic heterocycles. The zero-order valence-electron chi connectivity index (χ0n) is 69.4. The van der Waals surface area contributed by atoms with E-state index in [4.69, 9.17) is 8.83 Å². The number of hydrogen-bond acceptors (Lipinski definition) is 6. The van der Waals surface area contributed by atoms with Crippen LogP contribution in [-0.2, 0) is 0 Å². The van der Waals surface area contributed by atoms with Crippen molar-refractivity contribution in [2.45, 2.75) is 0 Å². The Morgan fingerprint density at radius 2 is 0.589 bits per heavy atom. The van der Waals surface area contributed by atoms with Crippen LogP contribution >= 0.6 is 38.6 Å². The summed E-state index contributed by atoms with van der Waals surface area (Å²) in [4.78, 5) is 2.41. The van der Waals surface area contributed by atoms with Gasteiger partial charge in [-0.05, 0) is 248 Å². The Morgan fingerprint density at radius 3 is 1.09 bits per heavy atom. The number of nitrogens with one attached hydrogen (secondary N) is 1. The van der Waals surface area contributed by atoms with E-state index >= 15 is 0 Å². The summed E-state index contributed by atoms with van der Waals surface area (Å²) in [6.45, 7) is 0. The summed E-state index contributed by atoms with van der Waals surface area (Å²) in [7, 11) is 0. The number of benzene rings is 22. The van der Waals surface area contributed by atoms with Crippen molar-refractivity contribution in [3.63, 3.8) is 0 Å². The minimum Gasteiger partial charge on any atom is -0.454 e. The molecular formula is C120H73BrN4O2S2. The van der Waals surface area contributed by atoms with Gasteiger partial charge in [0.2, 0.25) is 0 Å². The molecular weight excluding hydrogens is 1670 g/mol. The number of halogens is 1. The van der Waals surface area contributed by atoms with Gasteiger partial charge in [0, 0.05) is 106 Å². The molecule has 6 nitrogen and oxygen atoms in total. The zero-order valence-corrected chi connectivity index (χ0v) is 72.6. The Balaban J connectivity index is 0.000000114. The first-order valence-electron chi connectivity index (χ1n) is 43.7. The minimum absolute atomic E-state index is 0.870. The molecule has 6 heterocycles. The smallest absolute Gasteiger partial charge is 0.159 e. The third-order valence-corrected chi connectivity index (χ3v) is 29.6. The molecule has 0 spiro atoms. The van der Waals surface area contributed by atoms with Crippen LogP contribution < -0.4 is 10.2 Å². The van der Waals surface area contributed by atoms with Crippen LogP contribution in [0, 0.1) is 0 Å². The molecule has 22 aromatic carbocycles. The molecule has 0 radical (unpaired) electrons. The quantitative estimate of drug-likeness (QED) is 0.146. The highest BCUT2D eigenvalue weighted by Gasteiger charge is 2.26. The predicted molar refractivity (Wildman–Crippen MR) is 556 cm³/mol. The average Bonchev–Trinajstić information content (AvgIpc) is 1.64. The van der Waals surface area contributed by atoms with Crippen LogP contribution in [0.2, 0.25) is 0 Å². The van der Waals surface area contributed by atoms with Crippen molar-refractivity contribution >= 4 is 260 Å². The summed E-state index contributed by atoms with van der Waals surface area (Å²) < 4.78 is 24.0. The lowest BCUT2D eigenvalue weighted by Crippen LogP contribution is -2.10. The second-order valence-corrected chi connectivity index (χ2v) is 36.4. The number of thiophene rings is 2. The van der Waals surface area contributed by atoms with E-state index in [-0.39, 0.29) is 0 Å². The number of para-hydroxylation sites is 8. The third-order valence-electron chi connectivity index (χ3n) is 26.3. The highest BCUT2D eigenvalue weighted by molar-refractivity contribution is 9.10. The van der Waals surface area contributed by atoms with Crippen molar-refractivity contribution in [1.29, 1.82) is 0 Å². The molecule has 9 heteroatoms. The summed E-state index contributed by atoms with van der Waals surface area (Å²) in [6, 6.07) is 157. The molecule has 0 fully saturated rings. The Kier molecular flexibility index (Phi) is 17.4. The summed E-state index contributed by atoms with van der Waals surface area (Å²) in [5.74, 6) is 0. The van der Waals surface area contributed by atoms with Crippen molar-refractivity contribution in [3.05, 3.63) is 441 Å². The lowest BCUT2D eigenvalue weighted by molar-refractivity contribution is 0.669. The van der Waals surface area contributed by atoms with Gasteiger partial charge in [-0.15, -0.1) is 22.7 Å². The third kappa shape index (κ3) is 12.2. The number of fused-ring (bicyclic) bond motifs is 30. The fourth-order valence-electron chi connectivity index (χ4n) is 20.4. The maximum Gasteiger partial charge on any atom is 0.159 e. The topological polar surface area (TPSA) is 51.4 Å². The predicted octanol–water partition coefficient (Wildman–Crippen LogP) is 36.0. The van der Waals surface area contributed by atoms with Crippen LogP contribution in [0.1, 0.15) is 0 Å². The fourth-order valence-corrected chi connectivity index (χ4v) is 23.4. The first kappa shape index (κ1) is 74.5. The molecule has 0 saturated carbocycles. The molecule has 0 aliphatic rings. The molecule has 604 valence electrons. The Morgan fingerprint density at radius 1 is 0.233 bits per heavy atom. The molecule has 28 aromatic rings. The van der Waals surface area contributed by atoms with E-state index in [1.807, 2.05) is 46.9 Å². The van der Waals surface area contributed by atoms with Gasteiger partial charge in [-0.1, -0.05) is 291 Å². The summed E-state index contributed by atoms with van der Waals surface area (Å²) in [6.07, 6.45) is 0. The maximum atomic E-state index is 6.78. The van der Waals surface area contributed by atoms with Crippen molar-refractivity contribution in [2.24, 2.45) is 0 Å². The molecule has 1 N–H and O–H groups in total. The highest BCUT2D eigenvalue weighted by Crippen LogP contribution is 2.52. The van der Waals surface area contributed by atoms with Crippen LogP contribution in [0.25, 0.3) is 226 Å². The van der Waals surface area contributed by atoms with Gasteiger partial charge < -0.3 is 28.2 Å². The average molecular weight is 1750 g/mol. The maximum absolute atomic E-state index is 6.78. The Labute approximate surface area is 756 Å². The van der Waals surface area contributed by atoms with Gasteiger partial charge in [-0.3, -0.25) is 0 Å². The zero-order chi connectivity index (χ0) is 84.9. The normalized spacial score (nSPS) is 11.9. The molecule has 0 unspecified atom stereocenters. The number of furan rings is 2. The van der Waals surface area contributed by atoms with E-state index < -0.39 is 0 Å². The SMILES string of the molecule is Brc1cccc2c1sc1cc3c4ccccc4c4ccccc4c3cc12.c1ccc(-n2c3ccccc3c3cc(-c4ccc(N(c5cccc6c5oc5ccccc56)c5cccc6c5sc5cc7c8ccccc8c8ccccc8c7cc56)cc4)ccc32)cc1.c1ccc(-n2c3ccccc3c3cc(-c4ccc(Nc5cccc6c5oc5ccccc56)cc4)ccc32)cc1. The second kappa shape index (κ2) is 30.2. The highest BCUT2D eigenvalue weighted by atomic mass is 79.9. The van der Waals surface area contributed by atoms with Crippen molar-refractivity contribution < 1.29 is 8.83 Å². The number of rotatable bonds is 9. The van der Waals surface area contributed by atoms with Crippen LogP contribution in [-0.4, -0.2) is 9.13 Å². The molecule has 28 rings (SSSR count). The summed E-state index contributed by atoms with van der Waals surface area (Å²) in [5.41, 5.74) is 20.6. The van der Waals surface area contributed by atoms with Gasteiger partial charge in [-0.2, -0.15) is 0 Å². The molecule has 0 amide bonds. The minimum atomic E-state index is 0.870. The van der Waals surface area contributed by atoms with E-state index in [9.17, 15) is 0 Å². The van der Waals surface area contributed by atoms with E-state index in [1.165, 1.54) is 175 Å². The number of aromatic nitrogens is 2. The first-order chi connectivity index (χ1) is 63.9. The van der Waals surface area contributed by atoms with Crippen LogP contribution in [0.5, 0.6) is 0 Å². The number of hydrogen-bond donors (Lipinski definition) is 1. The second-order valence-electron chi connectivity index (χ2n) is 33.4. The van der Waals surface area contributed by atoms with Crippen LogP contribution in [0.4, 0.5) is 28.4 Å². The lowest BCUT2D eigenvalue weighted by Gasteiger charge is -2.26. The largest absolute Gasteiger partial charge is 0.454 e. The molecule has 0 aliphatic carbocycles. The van der Waals surface area contributed by atoms with Crippen molar-refractivity contribution in [3.8, 4) is 33.6 Å². The van der Waals surface area contributed by atoms with Crippen molar-refractivity contribution in [1.82, 2.24) is 9.13 Å². The van der Waals surface area contributed by atoms with Gasteiger partial charge in [0.15, 0.2) is 11.2 Å². The number of anilines is 5. The van der Waals surface area contributed by atoms with Gasteiger partial charge in [-0.25, -0.2) is 0 Å². The monoisotopic (exact) mass is 1740 g/mol. The Bertz CT molecular complexity index is 9450. The summed E-state index contributed by atoms with van der Waals surface area (Å²) >= 11 is 7.46. The van der Waals surface area contributed by atoms with E-state index in [0.717, 1.165) is 83.6 Å². The fraction of sp³-hybridized carbons (Fsp3) is 0. The molecule has 0 bridgehead atoms. The van der Waals surface area contributed by atoms with Gasteiger partial charge >= 0.3 is 0 Å². The van der Waals surface area contributed by atoms with E-state index in [0.29, 0.717) is 0 Å². The van der Waals surface area contributed by atoms with Gasteiger partial charge in [0.1, 0.15) is 11.2 Å². The molecule has 129 heavy (non-hydrogen) atoms. The van der Waals surface area contributed by atoms with Gasteiger partial charge in [0.05, 0.1) is 43.8 Å². The lowest BCUT2D eigenvalue weighted by atomic mass is 9.93. The molecule has 0 aliphatic heterocycles. The van der Waals surface area contributed by atoms with Crippen LogP contribution in [0.3, 0.4) is 0 Å². The number of nitrogens with zero attached hydrogens (tertiary/aromatic N) is 3. The molecule has 0 saturated heterocycles. The van der Waals surface area contributed by atoms with Gasteiger partial charge in [0.25, 0.3) is 0 Å². The standard InChI is InChI=1S/C60H36N2OS.C36H24N2O.C24H13BrS/c1-2-14-39(15-3-1)61-53-24-10-8-20-45(53)51-34-38(30-33-54(51)61)37-28-31-40(32-29-37)62(55-25-12-22-47-46-21-9-11-27-57(46)63-59(47)55)56-26-13-23-48-52-35-49-43-18-6-4-16-41(43)42-17-5-7-19-44(42)50(49)36-58(52)64-60(48)56;1-2-9-27(10-3-1)38-33-15-6-4-11-28(33)31-23-25(19-22-34(31)38)24-17-20-26(21-18-24)37-32-14-8-13-30-29-12-5-7-16-35(29)39-36(30)32;25-22-11-5-10-18-21-12-19-16-8-3-1-6-14(16)15-7-2-4-9-17(15)20(19)13-23(21)26-24(18)22/h1-36H;1-23,37H;1-13H. The van der Waals surface area contributed by atoms with E-state index in [2.05, 4.69) is 448 Å². The Hall–Kier alpha value is -15.9. The summed E-state index contributed by atoms with van der Waals surface area (Å²) in [5, 5.41) is 34.0. The van der Waals surface area contributed by atoms with E-state index in [1.54, 1.807) is 0 Å². The van der Waals surface area contributed by atoms with Crippen molar-refractivity contribution in [2.75, 3.05) is 10.2 Å². The molecule has 0 atom stereocenters.